The van der Waals surface area contributed by atoms with Crippen LogP contribution in [-0.4, -0.2) is 20.9 Å². The average molecular weight is 213 g/mol. The second-order valence-corrected chi connectivity index (χ2v) is 3.91. The second kappa shape index (κ2) is 3.56. The molecule has 16 heavy (non-hydrogen) atoms. The summed E-state index contributed by atoms with van der Waals surface area (Å²) in [6.07, 6.45) is 2.65. The first-order valence-electron chi connectivity index (χ1n) is 5.35. The maximum absolute atomic E-state index is 8.93. The van der Waals surface area contributed by atoms with Crippen molar-refractivity contribution in [2.75, 3.05) is 0 Å². The van der Waals surface area contributed by atoms with Gasteiger partial charge in [-0.2, -0.15) is 0 Å². The number of aromatic nitrogens is 2. The lowest BCUT2D eigenvalue weighted by atomic mass is 9.98. The molecule has 1 aromatic carbocycles. The summed E-state index contributed by atoms with van der Waals surface area (Å²) >= 11 is 0. The minimum Gasteiger partial charge on any atom is -0.411 e. The van der Waals surface area contributed by atoms with Crippen molar-refractivity contribution < 1.29 is 5.21 Å². The van der Waals surface area contributed by atoms with Gasteiger partial charge in [-0.3, -0.25) is 0 Å². The van der Waals surface area contributed by atoms with Crippen LogP contribution >= 0.6 is 0 Å². The van der Waals surface area contributed by atoms with Crippen molar-refractivity contribution in [3.05, 3.63) is 35.7 Å². The van der Waals surface area contributed by atoms with Gasteiger partial charge >= 0.3 is 0 Å². The molecule has 0 amide bonds. The normalized spacial score (nSPS) is 17.6. The first kappa shape index (κ1) is 9.27. The van der Waals surface area contributed by atoms with Gasteiger partial charge in [0.05, 0.1) is 16.7 Å². The number of fused-ring (bicyclic) bond motifs is 2. The molecule has 0 fully saturated rings. The Kier molecular flexibility index (Phi) is 2.06. The summed E-state index contributed by atoms with van der Waals surface area (Å²) in [5, 5.41) is 12.2. The van der Waals surface area contributed by atoms with Crippen LogP contribution in [-0.2, 0) is 6.42 Å². The molecule has 0 spiro atoms. The van der Waals surface area contributed by atoms with Crippen molar-refractivity contribution in [2.45, 2.75) is 19.3 Å². The van der Waals surface area contributed by atoms with Crippen LogP contribution < -0.4 is 0 Å². The minimum atomic E-state index is 0.652. The van der Waals surface area contributed by atoms with Crippen LogP contribution in [0.1, 0.15) is 24.2 Å². The van der Waals surface area contributed by atoms with Gasteiger partial charge in [0, 0.05) is 0 Å². The van der Waals surface area contributed by atoms with E-state index in [1.807, 2.05) is 24.3 Å². The standard InChI is InChI=1S/C12H11N3O/c16-15-11-7-3-6-10-12(11)14-9-5-2-1-4-8(9)13-10/h1-2,4-5,16H,3,6-7H2. The minimum absolute atomic E-state index is 0.652. The van der Waals surface area contributed by atoms with Crippen LogP contribution in [0.3, 0.4) is 0 Å². The first-order valence-corrected chi connectivity index (χ1v) is 5.35. The smallest absolute Gasteiger partial charge is 0.110 e. The van der Waals surface area contributed by atoms with Crippen LogP contribution in [0.2, 0.25) is 0 Å². The van der Waals surface area contributed by atoms with Gasteiger partial charge in [-0.1, -0.05) is 17.3 Å². The van der Waals surface area contributed by atoms with E-state index in [-0.39, 0.29) is 0 Å². The van der Waals surface area contributed by atoms with E-state index in [9.17, 15) is 0 Å². The van der Waals surface area contributed by atoms with Gasteiger partial charge < -0.3 is 5.21 Å². The van der Waals surface area contributed by atoms with Gasteiger partial charge in [-0.15, -0.1) is 0 Å². The molecule has 4 heteroatoms. The molecule has 0 atom stereocenters. The Morgan fingerprint density at radius 1 is 1.06 bits per heavy atom. The summed E-state index contributed by atoms with van der Waals surface area (Å²) in [7, 11) is 0. The van der Waals surface area contributed by atoms with E-state index in [1.54, 1.807) is 0 Å². The average Bonchev–Trinajstić information content (AvgIpc) is 2.35. The highest BCUT2D eigenvalue weighted by Gasteiger charge is 2.19. The molecule has 4 nitrogen and oxygen atoms in total. The number of oxime groups is 1. The molecule has 1 N–H and O–H groups in total. The lowest BCUT2D eigenvalue weighted by Crippen LogP contribution is -2.16. The molecule has 0 radical (unpaired) electrons. The fourth-order valence-corrected chi connectivity index (χ4v) is 2.08. The molecule has 3 rings (SSSR count). The lowest BCUT2D eigenvalue weighted by molar-refractivity contribution is 0.317. The number of para-hydroxylation sites is 2. The molecule has 80 valence electrons. The van der Waals surface area contributed by atoms with Gasteiger partial charge in [0.15, 0.2) is 0 Å². The predicted octanol–water partition coefficient (Wildman–Crippen LogP) is 2.14. The van der Waals surface area contributed by atoms with Crippen molar-refractivity contribution in [2.24, 2.45) is 5.16 Å². The third-order valence-electron chi connectivity index (χ3n) is 2.86. The highest BCUT2D eigenvalue weighted by molar-refractivity contribution is 6.01. The summed E-state index contributed by atoms with van der Waals surface area (Å²) in [6.45, 7) is 0. The van der Waals surface area contributed by atoms with E-state index in [4.69, 9.17) is 5.21 Å². The summed E-state index contributed by atoms with van der Waals surface area (Å²) in [5.41, 5.74) is 4.11. The lowest BCUT2D eigenvalue weighted by Gasteiger charge is -2.15. The van der Waals surface area contributed by atoms with Crippen molar-refractivity contribution >= 4 is 16.7 Å². The molecule has 0 saturated carbocycles. The quantitative estimate of drug-likeness (QED) is 0.538. The fourth-order valence-electron chi connectivity index (χ4n) is 2.08. The van der Waals surface area contributed by atoms with Gasteiger partial charge in [-0.05, 0) is 31.4 Å². The Balaban J connectivity index is 2.29. The van der Waals surface area contributed by atoms with E-state index >= 15 is 0 Å². The van der Waals surface area contributed by atoms with Crippen molar-refractivity contribution in [3.8, 4) is 0 Å². The van der Waals surface area contributed by atoms with Crippen molar-refractivity contribution in [1.29, 1.82) is 0 Å². The van der Waals surface area contributed by atoms with Gasteiger partial charge in [0.25, 0.3) is 0 Å². The molecule has 2 aromatic rings. The molecule has 1 aliphatic carbocycles. The zero-order valence-electron chi connectivity index (χ0n) is 8.72. The van der Waals surface area contributed by atoms with Crippen molar-refractivity contribution in [1.82, 2.24) is 9.97 Å². The maximum atomic E-state index is 8.93. The zero-order chi connectivity index (χ0) is 11.0. The Morgan fingerprint density at radius 3 is 2.56 bits per heavy atom. The highest BCUT2D eigenvalue weighted by Crippen LogP contribution is 2.21. The summed E-state index contributed by atoms with van der Waals surface area (Å²) < 4.78 is 0. The molecule has 1 aliphatic rings. The first-order chi connectivity index (χ1) is 7.88. The number of aryl methyl sites for hydroxylation is 1. The zero-order valence-corrected chi connectivity index (χ0v) is 8.72. The van der Waals surface area contributed by atoms with E-state index in [2.05, 4.69) is 15.1 Å². The molecule has 1 heterocycles. The maximum Gasteiger partial charge on any atom is 0.110 e. The number of nitrogens with zero attached hydrogens (tertiary/aromatic N) is 3. The van der Waals surface area contributed by atoms with Crippen LogP contribution in [0.4, 0.5) is 0 Å². The third-order valence-corrected chi connectivity index (χ3v) is 2.86. The van der Waals surface area contributed by atoms with Gasteiger partial charge in [0.2, 0.25) is 0 Å². The van der Waals surface area contributed by atoms with E-state index in [1.165, 1.54) is 0 Å². The summed E-state index contributed by atoms with van der Waals surface area (Å²) in [4.78, 5) is 9.07. The number of rotatable bonds is 0. The monoisotopic (exact) mass is 213 g/mol. The number of benzene rings is 1. The summed E-state index contributed by atoms with van der Waals surface area (Å²) in [6, 6.07) is 7.76. The Bertz CT molecular complexity index is 577. The van der Waals surface area contributed by atoms with E-state index in [0.29, 0.717) is 5.71 Å². The second-order valence-electron chi connectivity index (χ2n) is 3.91. The summed E-state index contributed by atoms with van der Waals surface area (Å²) in [5.74, 6) is 0. The molecule has 1 aromatic heterocycles. The molecular formula is C12H11N3O. The topological polar surface area (TPSA) is 58.4 Å². The molecule has 0 unspecified atom stereocenters. The Morgan fingerprint density at radius 2 is 1.81 bits per heavy atom. The van der Waals surface area contributed by atoms with Crippen LogP contribution in [0.5, 0.6) is 0 Å². The van der Waals surface area contributed by atoms with E-state index < -0.39 is 0 Å². The highest BCUT2D eigenvalue weighted by atomic mass is 16.4. The fraction of sp³-hybridized carbons (Fsp3) is 0.250. The third kappa shape index (κ3) is 1.34. The predicted molar refractivity (Wildman–Crippen MR) is 60.8 cm³/mol. The van der Waals surface area contributed by atoms with Crippen LogP contribution in [0.25, 0.3) is 11.0 Å². The van der Waals surface area contributed by atoms with Gasteiger partial charge in [-0.25, -0.2) is 9.97 Å². The van der Waals surface area contributed by atoms with Crippen LogP contribution in [0.15, 0.2) is 29.4 Å². The molecule has 0 bridgehead atoms. The van der Waals surface area contributed by atoms with E-state index in [0.717, 1.165) is 41.7 Å². The molecular weight excluding hydrogens is 202 g/mol. The Labute approximate surface area is 92.6 Å². The number of hydrogen-bond acceptors (Lipinski definition) is 4. The van der Waals surface area contributed by atoms with Gasteiger partial charge in [0.1, 0.15) is 11.4 Å². The molecule has 0 saturated heterocycles. The Hall–Kier alpha value is -1.97. The van der Waals surface area contributed by atoms with Crippen molar-refractivity contribution in [3.63, 3.8) is 0 Å². The SMILES string of the molecule is ON=C1CCCc2nc3ccccc3nc21. The van der Waals surface area contributed by atoms with Crippen LogP contribution in [0, 0.1) is 0 Å². The number of hydrogen-bond donors (Lipinski definition) is 1. The largest absolute Gasteiger partial charge is 0.411 e. The molecule has 0 aliphatic heterocycles.